The number of aromatic hydroxyl groups is 1. The molecule has 0 radical (unpaired) electrons. The van der Waals surface area contributed by atoms with E-state index in [9.17, 15) is 10.2 Å². The second kappa shape index (κ2) is 7.72. The molecule has 2 rings (SSSR count). The molecule has 1 atom stereocenters. The van der Waals surface area contributed by atoms with Gasteiger partial charge in [0.05, 0.1) is 24.5 Å². The van der Waals surface area contributed by atoms with Crippen LogP contribution in [-0.2, 0) is 0 Å². The predicted molar refractivity (Wildman–Crippen MR) is 90.8 cm³/mol. The van der Waals surface area contributed by atoms with Crippen molar-refractivity contribution in [1.82, 2.24) is 9.88 Å². The van der Waals surface area contributed by atoms with Gasteiger partial charge in [-0.15, -0.1) is 0 Å². The molecule has 1 heterocycles. The summed E-state index contributed by atoms with van der Waals surface area (Å²) in [5, 5.41) is 23.4. The maximum Gasteiger partial charge on any atom is 0.173 e. The highest BCUT2D eigenvalue weighted by Crippen LogP contribution is 2.19. The minimum absolute atomic E-state index is 0.135. The summed E-state index contributed by atoms with van der Waals surface area (Å²) in [7, 11) is 0. The Morgan fingerprint density at radius 1 is 1.36 bits per heavy atom. The molecule has 116 valence electrons. The largest absolute Gasteiger partial charge is 0.508 e. The molecule has 22 heavy (non-hydrogen) atoms. The first-order chi connectivity index (χ1) is 10.6. The Kier molecular flexibility index (Phi) is 5.68. The molecular weight excluding hydrogens is 298 g/mol. The van der Waals surface area contributed by atoms with E-state index in [2.05, 4.69) is 10.3 Å². The molecule has 1 aromatic heterocycles. The Balaban J connectivity index is 2.00. The SMILES string of the molecule is CCN(C[C@@H](O)c1cccc(O)c1)C(=S)Nc1cccnc1. The number of pyridine rings is 1. The van der Waals surface area contributed by atoms with Crippen molar-refractivity contribution in [3.63, 3.8) is 0 Å². The number of rotatable bonds is 5. The molecule has 5 nitrogen and oxygen atoms in total. The van der Waals surface area contributed by atoms with E-state index >= 15 is 0 Å². The summed E-state index contributed by atoms with van der Waals surface area (Å²) >= 11 is 5.38. The van der Waals surface area contributed by atoms with Crippen molar-refractivity contribution >= 4 is 23.0 Å². The van der Waals surface area contributed by atoms with Crippen LogP contribution in [0, 0.1) is 0 Å². The lowest BCUT2D eigenvalue weighted by Gasteiger charge is -2.27. The Morgan fingerprint density at radius 3 is 2.82 bits per heavy atom. The number of phenols is 1. The van der Waals surface area contributed by atoms with E-state index in [1.807, 2.05) is 24.0 Å². The first-order valence-electron chi connectivity index (χ1n) is 7.03. The molecular formula is C16H19N3O2S. The molecule has 1 aromatic carbocycles. The molecule has 0 fully saturated rings. The highest BCUT2D eigenvalue weighted by atomic mass is 32.1. The normalized spacial score (nSPS) is 11.7. The minimum Gasteiger partial charge on any atom is -0.508 e. The first-order valence-corrected chi connectivity index (χ1v) is 7.44. The van der Waals surface area contributed by atoms with Crippen molar-refractivity contribution in [2.24, 2.45) is 0 Å². The number of likely N-dealkylation sites (N-methyl/N-ethyl adjacent to an activating group) is 1. The monoisotopic (exact) mass is 317 g/mol. The topological polar surface area (TPSA) is 68.6 Å². The van der Waals surface area contributed by atoms with Gasteiger partial charge in [0.15, 0.2) is 5.11 Å². The van der Waals surface area contributed by atoms with Crippen LogP contribution in [-0.4, -0.2) is 38.3 Å². The maximum absolute atomic E-state index is 10.3. The van der Waals surface area contributed by atoms with Gasteiger partial charge < -0.3 is 20.4 Å². The van der Waals surface area contributed by atoms with Crippen molar-refractivity contribution < 1.29 is 10.2 Å². The summed E-state index contributed by atoms with van der Waals surface area (Å²) in [5.74, 6) is 0.135. The predicted octanol–water partition coefficient (Wildman–Crippen LogP) is 2.54. The van der Waals surface area contributed by atoms with Crippen LogP contribution in [0.2, 0.25) is 0 Å². The van der Waals surface area contributed by atoms with Crippen LogP contribution in [0.5, 0.6) is 5.75 Å². The Morgan fingerprint density at radius 2 is 2.18 bits per heavy atom. The second-order valence-electron chi connectivity index (χ2n) is 4.82. The molecule has 0 unspecified atom stereocenters. The zero-order valence-corrected chi connectivity index (χ0v) is 13.1. The summed E-state index contributed by atoms with van der Waals surface area (Å²) in [6, 6.07) is 10.3. The fraction of sp³-hybridized carbons (Fsp3) is 0.250. The van der Waals surface area contributed by atoms with E-state index in [0.29, 0.717) is 23.8 Å². The second-order valence-corrected chi connectivity index (χ2v) is 5.21. The van der Waals surface area contributed by atoms with E-state index < -0.39 is 6.10 Å². The van der Waals surface area contributed by atoms with E-state index in [-0.39, 0.29) is 5.75 Å². The number of aliphatic hydroxyl groups excluding tert-OH is 1. The Hall–Kier alpha value is -2.18. The summed E-state index contributed by atoms with van der Waals surface area (Å²) in [6.07, 6.45) is 2.64. The lowest BCUT2D eigenvalue weighted by Crippen LogP contribution is -2.37. The first kappa shape index (κ1) is 16.2. The molecule has 2 aromatic rings. The number of hydrogen-bond donors (Lipinski definition) is 3. The highest BCUT2D eigenvalue weighted by Gasteiger charge is 2.15. The molecule has 0 spiro atoms. The third-order valence-electron chi connectivity index (χ3n) is 3.23. The molecule has 0 aliphatic rings. The van der Waals surface area contributed by atoms with E-state index in [4.69, 9.17) is 12.2 Å². The standard InChI is InChI=1S/C16H19N3O2S/c1-2-19(16(22)18-13-6-4-8-17-10-13)11-15(21)12-5-3-7-14(20)9-12/h3-10,15,20-21H,2,11H2,1H3,(H,18,22)/t15-/m1/s1. The van der Waals surface area contributed by atoms with Crippen LogP contribution in [0.1, 0.15) is 18.6 Å². The molecule has 0 aliphatic carbocycles. The molecule has 0 amide bonds. The van der Waals surface area contributed by atoms with Crippen LogP contribution in [0.25, 0.3) is 0 Å². The van der Waals surface area contributed by atoms with Gasteiger partial charge in [-0.3, -0.25) is 4.98 Å². The third-order valence-corrected chi connectivity index (χ3v) is 3.59. The fourth-order valence-electron chi connectivity index (χ4n) is 2.04. The molecule has 0 bridgehead atoms. The van der Waals surface area contributed by atoms with Crippen LogP contribution in [0.4, 0.5) is 5.69 Å². The number of thiocarbonyl (C=S) groups is 1. The number of aliphatic hydroxyl groups is 1. The lowest BCUT2D eigenvalue weighted by atomic mass is 10.1. The highest BCUT2D eigenvalue weighted by molar-refractivity contribution is 7.80. The van der Waals surface area contributed by atoms with E-state index in [1.165, 1.54) is 0 Å². The van der Waals surface area contributed by atoms with Gasteiger partial charge in [-0.2, -0.15) is 0 Å². The zero-order chi connectivity index (χ0) is 15.9. The average Bonchev–Trinajstić information content (AvgIpc) is 2.53. The van der Waals surface area contributed by atoms with Gasteiger partial charge in [0.2, 0.25) is 0 Å². The van der Waals surface area contributed by atoms with Crippen LogP contribution >= 0.6 is 12.2 Å². The number of nitrogens with one attached hydrogen (secondary N) is 1. The number of phenolic OH excluding ortho intramolecular Hbond substituents is 1. The summed E-state index contributed by atoms with van der Waals surface area (Å²) in [5.41, 5.74) is 1.46. The van der Waals surface area contributed by atoms with Gasteiger partial charge in [-0.1, -0.05) is 12.1 Å². The van der Waals surface area contributed by atoms with Gasteiger partial charge >= 0.3 is 0 Å². The van der Waals surface area contributed by atoms with E-state index in [1.54, 1.807) is 36.7 Å². The third kappa shape index (κ3) is 4.41. The summed E-state index contributed by atoms with van der Waals surface area (Å²) in [4.78, 5) is 5.88. The van der Waals surface area contributed by atoms with Crippen LogP contribution in [0.3, 0.4) is 0 Å². The van der Waals surface area contributed by atoms with Crippen molar-refractivity contribution in [3.05, 3.63) is 54.4 Å². The van der Waals surface area contributed by atoms with Gasteiger partial charge in [-0.25, -0.2) is 0 Å². The zero-order valence-electron chi connectivity index (χ0n) is 12.3. The minimum atomic E-state index is -0.735. The van der Waals surface area contributed by atoms with Crippen molar-refractivity contribution in [2.75, 3.05) is 18.4 Å². The van der Waals surface area contributed by atoms with Crippen molar-refractivity contribution in [2.45, 2.75) is 13.0 Å². The van der Waals surface area contributed by atoms with Gasteiger partial charge in [0.1, 0.15) is 5.75 Å². The molecule has 3 N–H and O–H groups in total. The average molecular weight is 317 g/mol. The number of aromatic nitrogens is 1. The molecule has 6 heteroatoms. The van der Waals surface area contributed by atoms with Crippen molar-refractivity contribution in [1.29, 1.82) is 0 Å². The molecule has 0 saturated heterocycles. The number of benzene rings is 1. The smallest absolute Gasteiger partial charge is 0.173 e. The van der Waals surface area contributed by atoms with Crippen LogP contribution in [0.15, 0.2) is 48.8 Å². The van der Waals surface area contributed by atoms with Crippen LogP contribution < -0.4 is 5.32 Å². The Bertz CT molecular complexity index is 622. The molecule has 0 saturated carbocycles. The number of hydrogen-bond acceptors (Lipinski definition) is 4. The fourth-order valence-corrected chi connectivity index (χ4v) is 2.36. The number of nitrogens with zero attached hydrogens (tertiary/aromatic N) is 2. The van der Waals surface area contributed by atoms with E-state index in [0.717, 1.165) is 5.69 Å². The summed E-state index contributed by atoms with van der Waals surface area (Å²) in [6.45, 7) is 2.96. The Labute approximate surface area is 135 Å². The van der Waals surface area contributed by atoms with Gasteiger partial charge in [0, 0.05) is 12.7 Å². The summed E-state index contributed by atoms with van der Waals surface area (Å²) < 4.78 is 0. The quantitative estimate of drug-likeness (QED) is 0.736. The number of anilines is 1. The lowest BCUT2D eigenvalue weighted by molar-refractivity contribution is 0.146. The molecule has 0 aliphatic heterocycles. The van der Waals surface area contributed by atoms with Gasteiger partial charge in [-0.05, 0) is 49.0 Å². The van der Waals surface area contributed by atoms with Crippen molar-refractivity contribution in [3.8, 4) is 5.75 Å². The van der Waals surface area contributed by atoms with Gasteiger partial charge in [0.25, 0.3) is 0 Å². The maximum atomic E-state index is 10.3.